The Balaban J connectivity index is 1.57. The van der Waals surface area contributed by atoms with E-state index in [0.717, 1.165) is 11.3 Å². The number of benzene rings is 2. The lowest BCUT2D eigenvalue weighted by atomic mass is 10.2. The van der Waals surface area contributed by atoms with Crippen LogP contribution in [0.5, 0.6) is 0 Å². The van der Waals surface area contributed by atoms with Crippen molar-refractivity contribution in [1.29, 1.82) is 0 Å². The van der Waals surface area contributed by atoms with Crippen LogP contribution in [0.25, 0.3) is 16.7 Å². The molecule has 2 aromatic carbocycles. The lowest BCUT2D eigenvalue weighted by molar-refractivity contribution is -0.116. The van der Waals surface area contributed by atoms with E-state index in [1.54, 1.807) is 29.8 Å². The summed E-state index contributed by atoms with van der Waals surface area (Å²) in [5.74, 6) is 0.323. The fourth-order valence-corrected chi connectivity index (χ4v) is 3.47. The minimum absolute atomic E-state index is 0.132. The van der Waals surface area contributed by atoms with Gasteiger partial charge in [0.25, 0.3) is 5.56 Å². The quantitative estimate of drug-likeness (QED) is 0.530. The summed E-state index contributed by atoms with van der Waals surface area (Å²) in [6, 6.07) is 14.9. The molecule has 7 nitrogen and oxygen atoms in total. The first kappa shape index (κ1) is 19.8. The first-order chi connectivity index (χ1) is 14.5. The molecular weight excluding hydrogens is 402 g/mol. The minimum Gasteiger partial charge on any atom is -0.326 e. The van der Waals surface area contributed by atoms with Crippen LogP contribution in [0, 0.1) is 13.8 Å². The molecule has 0 spiro atoms. The molecule has 1 amide bonds. The Hall–Kier alpha value is -3.45. The molecule has 0 fully saturated rings. The third-order valence-corrected chi connectivity index (χ3v) is 5.39. The van der Waals surface area contributed by atoms with Crippen molar-refractivity contribution in [1.82, 2.24) is 19.3 Å². The Bertz CT molecular complexity index is 1290. The molecule has 0 saturated carbocycles. The van der Waals surface area contributed by atoms with E-state index in [1.165, 1.54) is 10.8 Å². The zero-order chi connectivity index (χ0) is 21.3. The predicted octanol–water partition coefficient (Wildman–Crippen LogP) is 3.88. The molecule has 0 aliphatic heterocycles. The van der Waals surface area contributed by atoms with Crippen LogP contribution in [-0.2, 0) is 11.3 Å². The number of rotatable bonds is 5. The Morgan fingerprint density at radius 3 is 2.63 bits per heavy atom. The van der Waals surface area contributed by atoms with Gasteiger partial charge in [-0.15, -0.1) is 0 Å². The number of carbonyl (C=O) groups is 1. The molecule has 0 atom stereocenters. The van der Waals surface area contributed by atoms with Crippen molar-refractivity contribution in [3.05, 3.63) is 81.5 Å². The largest absolute Gasteiger partial charge is 0.326 e. The van der Waals surface area contributed by atoms with Gasteiger partial charge in [0.05, 0.1) is 11.9 Å². The Labute approximate surface area is 177 Å². The Morgan fingerprint density at radius 1 is 1.10 bits per heavy atom. The summed E-state index contributed by atoms with van der Waals surface area (Å²) in [5, 5.41) is 8.17. The van der Waals surface area contributed by atoms with Crippen LogP contribution in [0.1, 0.15) is 17.8 Å². The molecule has 4 rings (SSSR count). The molecule has 1 N–H and O–H groups in total. The summed E-state index contributed by atoms with van der Waals surface area (Å²) in [5.41, 5.74) is 2.57. The number of hydrogen-bond donors (Lipinski definition) is 1. The minimum atomic E-state index is -0.216. The predicted molar refractivity (Wildman–Crippen MR) is 117 cm³/mol. The van der Waals surface area contributed by atoms with Gasteiger partial charge in [-0.3, -0.25) is 14.2 Å². The monoisotopic (exact) mass is 421 g/mol. The van der Waals surface area contributed by atoms with E-state index in [1.807, 2.05) is 37.3 Å². The van der Waals surface area contributed by atoms with E-state index in [2.05, 4.69) is 15.4 Å². The van der Waals surface area contributed by atoms with Gasteiger partial charge < -0.3 is 5.32 Å². The van der Waals surface area contributed by atoms with Crippen LogP contribution in [0.15, 0.2) is 59.5 Å². The van der Waals surface area contributed by atoms with Gasteiger partial charge in [0.2, 0.25) is 5.91 Å². The number of para-hydroxylation sites is 1. The lowest BCUT2D eigenvalue weighted by Gasteiger charge is -2.12. The smallest absolute Gasteiger partial charge is 0.264 e. The van der Waals surface area contributed by atoms with Gasteiger partial charge in [0, 0.05) is 23.7 Å². The fraction of sp³-hybridized carbons (Fsp3) is 0.182. The number of fused-ring (bicyclic) bond motifs is 1. The summed E-state index contributed by atoms with van der Waals surface area (Å²) in [6.45, 7) is 3.81. The average molecular weight is 422 g/mol. The van der Waals surface area contributed by atoms with Gasteiger partial charge in [0.1, 0.15) is 11.2 Å². The van der Waals surface area contributed by atoms with Crippen LogP contribution < -0.4 is 10.9 Å². The molecular formula is C22H20ClN5O2. The standard InChI is InChI=1S/C22H20ClN5O2/c1-14-18(23)9-6-10-19(14)26-20(29)11-12-27-15(2)25-21-17(22(27)30)13-24-28(21)16-7-4-3-5-8-16/h3-10,13H,11-12H2,1-2H3,(H,26,29). The third kappa shape index (κ3) is 3.71. The van der Waals surface area contributed by atoms with E-state index in [4.69, 9.17) is 11.6 Å². The highest BCUT2D eigenvalue weighted by Gasteiger charge is 2.15. The number of hydrogen-bond acceptors (Lipinski definition) is 4. The maximum Gasteiger partial charge on any atom is 0.264 e. The Kier molecular flexibility index (Phi) is 5.37. The van der Waals surface area contributed by atoms with Crippen molar-refractivity contribution < 1.29 is 4.79 Å². The van der Waals surface area contributed by atoms with Crippen LogP contribution in [-0.4, -0.2) is 25.2 Å². The number of nitrogens with zero attached hydrogens (tertiary/aromatic N) is 4. The lowest BCUT2D eigenvalue weighted by Crippen LogP contribution is -2.26. The van der Waals surface area contributed by atoms with Gasteiger partial charge in [0.15, 0.2) is 5.65 Å². The van der Waals surface area contributed by atoms with Crippen LogP contribution in [0.3, 0.4) is 0 Å². The molecule has 2 aromatic heterocycles. The molecule has 4 aromatic rings. The first-order valence-electron chi connectivity index (χ1n) is 9.51. The number of aromatic nitrogens is 4. The summed E-state index contributed by atoms with van der Waals surface area (Å²) in [7, 11) is 0. The van der Waals surface area contributed by atoms with E-state index >= 15 is 0 Å². The fourth-order valence-electron chi connectivity index (χ4n) is 3.30. The highest BCUT2D eigenvalue weighted by atomic mass is 35.5. The number of carbonyl (C=O) groups excluding carboxylic acids is 1. The number of anilines is 1. The second kappa shape index (κ2) is 8.12. The highest BCUT2D eigenvalue weighted by Crippen LogP contribution is 2.23. The van der Waals surface area contributed by atoms with Crippen molar-refractivity contribution in [3.8, 4) is 5.69 Å². The van der Waals surface area contributed by atoms with Crippen molar-refractivity contribution in [2.24, 2.45) is 0 Å². The average Bonchev–Trinajstić information content (AvgIpc) is 3.16. The van der Waals surface area contributed by atoms with Gasteiger partial charge in [-0.25, -0.2) is 9.67 Å². The summed E-state index contributed by atoms with van der Waals surface area (Å²) in [6.07, 6.45) is 1.65. The van der Waals surface area contributed by atoms with Gasteiger partial charge in [-0.05, 0) is 43.7 Å². The zero-order valence-electron chi connectivity index (χ0n) is 16.6. The second-order valence-corrected chi connectivity index (χ2v) is 7.36. The van der Waals surface area contributed by atoms with Crippen LogP contribution >= 0.6 is 11.6 Å². The van der Waals surface area contributed by atoms with Crippen molar-refractivity contribution in [3.63, 3.8) is 0 Å². The van der Waals surface area contributed by atoms with E-state index in [0.29, 0.717) is 27.6 Å². The maximum absolute atomic E-state index is 13.0. The summed E-state index contributed by atoms with van der Waals surface area (Å²) in [4.78, 5) is 30.0. The molecule has 0 aliphatic rings. The highest BCUT2D eigenvalue weighted by molar-refractivity contribution is 6.31. The number of aryl methyl sites for hydroxylation is 1. The molecule has 0 aliphatic carbocycles. The second-order valence-electron chi connectivity index (χ2n) is 6.96. The van der Waals surface area contributed by atoms with Crippen molar-refractivity contribution in [2.45, 2.75) is 26.8 Å². The Morgan fingerprint density at radius 2 is 1.87 bits per heavy atom. The van der Waals surface area contributed by atoms with Crippen LogP contribution in [0.2, 0.25) is 5.02 Å². The topological polar surface area (TPSA) is 81.8 Å². The van der Waals surface area contributed by atoms with Crippen LogP contribution in [0.4, 0.5) is 5.69 Å². The molecule has 0 saturated heterocycles. The maximum atomic E-state index is 13.0. The molecule has 0 bridgehead atoms. The first-order valence-corrected chi connectivity index (χ1v) is 9.89. The summed E-state index contributed by atoms with van der Waals surface area (Å²) >= 11 is 6.10. The summed E-state index contributed by atoms with van der Waals surface area (Å²) < 4.78 is 3.15. The van der Waals surface area contributed by atoms with Gasteiger partial charge in [-0.1, -0.05) is 35.9 Å². The molecule has 0 radical (unpaired) electrons. The number of amides is 1. The normalized spacial score (nSPS) is 11.0. The SMILES string of the molecule is Cc1c(Cl)cccc1NC(=O)CCn1c(C)nc2c(cnn2-c2ccccc2)c1=O. The van der Waals surface area contributed by atoms with E-state index < -0.39 is 0 Å². The van der Waals surface area contributed by atoms with Gasteiger partial charge in [-0.2, -0.15) is 5.10 Å². The zero-order valence-corrected chi connectivity index (χ0v) is 17.3. The van der Waals surface area contributed by atoms with E-state index in [9.17, 15) is 9.59 Å². The van der Waals surface area contributed by atoms with Gasteiger partial charge >= 0.3 is 0 Å². The molecule has 152 valence electrons. The van der Waals surface area contributed by atoms with E-state index in [-0.39, 0.29) is 24.4 Å². The molecule has 8 heteroatoms. The number of nitrogens with one attached hydrogen (secondary N) is 1. The molecule has 0 unspecified atom stereocenters. The molecule has 2 heterocycles. The molecule has 30 heavy (non-hydrogen) atoms. The van der Waals surface area contributed by atoms with Crippen molar-refractivity contribution in [2.75, 3.05) is 5.32 Å². The number of halogens is 1. The van der Waals surface area contributed by atoms with Crippen molar-refractivity contribution >= 4 is 34.2 Å². The third-order valence-electron chi connectivity index (χ3n) is 4.98.